The number of carbonyl (C=O) groups is 2. The largest absolute Gasteiger partial charge is 0.478 e. The maximum atomic E-state index is 11.3. The van der Waals surface area contributed by atoms with Gasteiger partial charge in [0.25, 0.3) is 0 Å². The molecule has 19 heavy (non-hydrogen) atoms. The molecule has 110 valence electrons. The fourth-order valence-electron chi connectivity index (χ4n) is 1.42. The van der Waals surface area contributed by atoms with Gasteiger partial charge < -0.3 is 20.8 Å². The lowest BCUT2D eigenvalue weighted by molar-refractivity contribution is -0.132. The van der Waals surface area contributed by atoms with Crippen LogP contribution in [0.1, 0.15) is 39.0 Å². The maximum Gasteiger partial charge on any atom is 0.330 e. The van der Waals surface area contributed by atoms with E-state index >= 15 is 0 Å². The highest BCUT2D eigenvalue weighted by Gasteiger charge is 2.00. The van der Waals surface area contributed by atoms with Crippen LogP contribution in [0.5, 0.6) is 0 Å². The summed E-state index contributed by atoms with van der Waals surface area (Å²) in [6, 6.07) is -0.233. The lowest BCUT2D eigenvalue weighted by Gasteiger charge is -2.06. The molecule has 6 heteroatoms. The second-order valence-electron chi connectivity index (χ2n) is 4.30. The molecule has 0 aliphatic carbocycles. The van der Waals surface area contributed by atoms with Gasteiger partial charge in [-0.25, -0.2) is 9.59 Å². The summed E-state index contributed by atoms with van der Waals surface area (Å²) in [4.78, 5) is 21.8. The lowest BCUT2D eigenvalue weighted by atomic mass is 10.2. The smallest absolute Gasteiger partial charge is 0.330 e. The third-order valence-electron chi connectivity index (χ3n) is 2.59. The van der Waals surface area contributed by atoms with Crippen molar-refractivity contribution in [3.05, 3.63) is 11.6 Å². The second kappa shape index (κ2) is 11.5. The fraction of sp³-hybridized carbons (Fsp3) is 0.692. The van der Waals surface area contributed by atoms with Gasteiger partial charge in [-0.15, -0.1) is 0 Å². The van der Waals surface area contributed by atoms with E-state index < -0.39 is 5.97 Å². The first-order chi connectivity index (χ1) is 9.07. The molecule has 0 rings (SSSR count). The first-order valence-corrected chi connectivity index (χ1v) is 6.60. The molecule has 0 aromatic heterocycles. The predicted molar refractivity (Wildman–Crippen MR) is 73.0 cm³/mol. The first-order valence-electron chi connectivity index (χ1n) is 6.60. The van der Waals surface area contributed by atoms with Crippen molar-refractivity contribution in [2.24, 2.45) is 0 Å². The third-order valence-corrected chi connectivity index (χ3v) is 2.59. The lowest BCUT2D eigenvalue weighted by Crippen LogP contribution is -2.36. The van der Waals surface area contributed by atoms with E-state index in [0.29, 0.717) is 19.5 Å². The number of unbranched alkanes of at least 4 members (excludes halogenated alkanes) is 3. The van der Waals surface area contributed by atoms with Crippen LogP contribution in [0.3, 0.4) is 0 Å². The summed E-state index contributed by atoms with van der Waals surface area (Å²) in [6.07, 6.45) is 5.74. The minimum absolute atomic E-state index is 0.219. The van der Waals surface area contributed by atoms with Gasteiger partial charge in [-0.3, -0.25) is 0 Å². The van der Waals surface area contributed by atoms with E-state index in [0.717, 1.165) is 25.7 Å². The van der Waals surface area contributed by atoms with Gasteiger partial charge in [0.1, 0.15) is 0 Å². The Morgan fingerprint density at radius 2 is 1.68 bits per heavy atom. The molecule has 2 amide bonds. The zero-order chi connectivity index (χ0) is 14.5. The molecule has 0 radical (unpaired) electrons. The van der Waals surface area contributed by atoms with E-state index in [1.54, 1.807) is 6.08 Å². The number of carboxylic acid groups (broad SMARTS) is 1. The number of amides is 2. The van der Waals surface area contributed by atoms with Gasteiger partial charge in [0.05, 0.1) is 0 Å². The minimum Gasteiger partial charge on any atom is -0.478 e. The number of aliphatic carboxylic acids is 1. The zero-order valence-corrected chi connectivity index (χ0v) is 11.4. The number of rotatable bonds is 10. The van der Waals surface area contributed by atoms with Crippen LogP contribution in [-0.2, 0) is 4.79 Å². The summed E-state index contributed by atoms with van der Waals surface area (Å²) < 4.78 is 0. The van der Waals surface area contributed by atoms with E-state index in [9.17, 15) is 9.59 Å². The second-order valence-corrected chi connectivity index (χ2v) is 4.30. The first kappa shape index (κ1) is 17.4. The summed E-state index contributed by atoms with van der Waals surface area (Å²) in [5.41, 5.74) is 0.283. The van der Waals surface area contributed by atoms with E-state index in [1.807, 2.05) is 0 Å². The summed E-state index contributed by atoms with van der Waals surface area (Å²) in [7, 11) is 0. The highest BCUT2D eigenvalue weighted by Crippen LogP contribution is 1.97. The maximum absolute atomic E-state index is 11.3. The van der Waals surface area contributed by atoms with Crippen molar-refractivity contribution in [3.8, 4) is 0 Å². The SMILES string of the molecule is CC(=CCCNC(=O)NCCCCCCO)C(=O)O. The van der Waals surface area contributed by atoms with Crippen molar-refractivity contribution < 1.29 is 19.8 Å². The van der Waals surface area contributed by atoms with Crippen molar-refractivity contribution in [1.29, 1.82) is 0 Å². The monoisotopic (exact) mass is 272 g/mol. The molecule has 6 nitrogen and oxygen atoms in total. The zero-order valence-electron chi connectivity index (χ0n) is 11.4. The topological polar surface area (TPSA) is 98.7 Å². The Hall–Kier alpha value is -1.56. The summed E-state index contributed by atoms with van der Waals surface area (Å²) in [5.74, 6) is -0.938. The van der Waals surface area contributed by atoms with Crippen LogP contribution in [0.4, 0.5) is 4.79 Å². The Morgan fingerprint density at radius 1 is 1.05 bits per heavy atom. The van der Waals surface area contributed by atoms with E-state index in [4.69, 9.17) is 10.2 Å². The fourth-order valence-corrected chi connectivity index (χ4v) is 1.42. The Morgan fingerprint density at radius 3 is 2.32 bits per heavy atom. The quantitative estimate of drug-likeness (QED) is 0.355. The van der Waals surface area contributed by atoms with Crippen molar-refractivity contribution >= 4 is 12.0 Å². The number of carbonyl (C=O) groups excluding carboxylic acids is 1. The van der Waals surface area contributed by atoms with Crippen LogP contribution in [0.2, 0.25) is 0 Å². The Balaban J connectivity index is 3.45. The van der Waals surface area contributed by atoms with Gasteiger partial charge >= 0.3 is 12.0 Å². The van der Waals surface area contributed by atoms with E-state index in [1.165, 1.54) is 6.92 Å². The Bertz CT molecular complexity index is 303. The number of urea groups is 1. The molecular formula is C13H24N2O4. The molecule has 0 atom stereocenters. The molecule has 4 N–H and O–H groups in total. The van der Waals surface area contributed by atoms with Crippen LogP contribution in [0.25, 0.3) is 0 Å². The standard InChI is InChI=1S/C13H24N2O4/c1-11(12(17)18)7-6-9-15-13(19)14-8-4-2-3-5-10-16/h7,16H,2-6,8-10H2,1H3,(H,17,18)(H2,14,15,19). The van der Waals surface area contributed by atoms with Crippen LogP contribution in [0, 0.1) is 0 Å². The molecule has 0 unspecified atom stereocenters. The molecule has 0 saturated carbocycles. The molecule has 0 saturated heterocycles. The van der Waals surface area contributed by atoms with Gasteiger partial charge in [-0.1, -0.05) is 18.9 Å². The van der Waals surface area contributed by atoms with E-state index in [-0.39, 0.29) is 18.2 Å². The van der Waals surface area contributed by atoms with Crippen molar-refractivity contribution in [2.75, 3.05) is 19.7 Å². The molecule has 0 aromatic carbocycles. The van der Waals surface area contributed by atoms with Gasteiger partial charge in [0, 0.05) is 25.3 Å². The highest BCUT2D eigenvalue weighted by molar-refractivity contribution is 5.85. The highest BCUT2D eigenvalue weighted by atomic mass is 16.4. The molecule has 0 aliphatic rings. The molecule has 0 spiro atoms. The number of hydrogen-bond acceptors (Lipinski definition) is 3. The molecule has 0 aliphatic heterocycles. The Labute approximate surface area is 113 Å². The van der Waals surface area contributed by atoms with Crippen molar-refractivity contribution in [3.63, 3.8) is 0 Å². The number of nitrogens with one attached hydrogen (secondary N) is 2. The van der Waals surface area contributed by atoms with Crippen LogP contribution in [0.15, 0.2) is 11.6 Å². The normalized spacial score (nSPS) is 11.2. The third kappa shape index (κ3) is 11.3. The number of aliphatic hydroxyl groups excluding tert-OH is 1. The Kier molecular flexibility index (Phi) is 10.6. The molecule has 0 heterocycles. The van der Waals surface area contributed by atoms with Gasteiger partial charge in [0.15, 0.2) is 0 Å². The number of carboxylic acids is 1. The molecule has 0 fully saturated rings. The summed E-state index contributed by atoms with van der Waals surface area (Å²) in [5, 5.41) is 22.6. The van der Waals surface area contributed by atoms with Crippen molar-refractivity contribution in [1.82, 2.24) is 10.6 Å². The van der Waals surface area contributed by atoms with E-state index in [2.05, 4.69) is 10.6 Å². The molecule has 0 aromatic rings. The van der Waals surface area contributed by atoms with Crippen LogP contribution < -0.4 is 10.6 Å². The van der Waals surface area contributed by atoms with Crippen LogP contribution >= 0.6 is 0 Å². The molecular weight excluding hydrogens is 248 g/mol. The summed E-state index contributed by atoms with van der Waals surface area (Å²) in [6.45, 7) is 2.77. The van der Waals surface area contributed by atoms with Gasteiger partial charge in [0.2, 0.25) is 0 Å². The summed E-state index contributed by atoms with van der Waals surface area (Å²) >= 11 is 0. The minimum atomic E-state index is -0.938. The van der Waals surface area contributed by atoms with Gasteiger partial charge in [-0.05, 0) is 26.2 Å². The predicted octanol–water partition coefficient (Wildman–Crippen LogP) is 1.26. The molecule has 0 bridgehead atoms. The average Bonchev–Trinajstić information content (AvgIpc) is 2.38. The van der Waals surface area contributed by atoms with Gasteiger partial charge in [-0.2, -0.15) is 0 Å². The number of hydrogen-bond donors (Lipinski definition) is 4. The van der Waals surface area contributed by atoms with Crippen molar-refractivity contribution in [2.45, 2.75) is 39.0 Å². The number of aliphatic hydroxyl groups is 1. The van der Waals surface area contributed by atoms with Crippen LogP contribution in [-0.4, -0.2) is 41.9 Å². The average molecular weight is 272 g/mol.